The summed E-state index contributed by atoms with van der Waals surface area (Å²) in [7, 11) is 1.67. The molecule has 2 N–H and O–H groups in total. The van der Waals surface area contributed by atoms with Crippen LogP contribution in [0.1, 0.15) is 24.0 Å². The first-order chi connectivity index (χ1) is 8.78. The lowest BCUT2D eigenvalue weighted by Crippen LogP contribution is -2.03. The molecular weight excluding hydrogens is 228 g/mol. The average Bonchev–Trinajstić information content (AvgIpc) is 2.83. The Morgan fingerprint density at radius 3 is 2.50 bits per heavy atom. The van der Waals surface area contributed by atoms with Gasteiger partial charge in [-0.25, -0.2) is 0 Å². The van der Waals surface area contributed by atoms with Crippen molar-refractivity contribution < 1.29 is 9.26 Å². The molecular formula is C14H16N2O2. The molecule has 1 heterocycles. The molecule has 0 radical (unpaired) electrons. The minimum atomic E-state index is 0.393. The second kappa shape index (κ2) is 4.37. The summed E-state index contributed by atoms with van der Waals surface area (Å²) in [6.07, 6.45) is 4.75. The summed E-state index contributed by atoms with van der Waals surface area (Å²) < 4.78 is 10.7. The van der Waals surface area contributed by atoms with Gasteiger partial charge in [-0.1, -0.05) is 5.16 Å². The van der Waals surface area contributed by atoms with Gasteiger partial charge in [-0.2, -0.15) is 0 Å². The van der Waals surface area contributed by atoms with Gasteiger partial charge in [0, 0.05) is 6.07 Å². The molecule has 4 heteroatoms. The van der Waals surface area contributed by atoms with Crippen molar-refractivity contribution in [2.45, 2.75) is 25.7 Å². The van der Waals surface area contributed by atoms with Crippen LogP contribution in [0.3, 0.4) is 0 Å². The Labute approximate surface area is 106 Å². The zero-order valence-corrected chi connectivity index (χ0v) is 10.4. The van der Waals surface area contributed by atoms with E-state index in [0.717, 1.165) is 24.2 Å². The van der Waals surface area contributed by atoms with Crippen LogP contribution in [-0.2, 0) is 12.8 Å². The number of anilines is 1. The first-order valence-corrected chi connectivity index (χ1v) is 6.20. The highest BCUT2D eigenvalue weighted by Crippen LogP contribution is 2.36. The van der Waals surface area contributed by atoms with Crippen LogP contribution in [0.2, 0.25) is 0 Å². The highest BCUT2D eigenvalue weighted by molar-refractivity contribution is 5.69. The van der Waals surface area contributed by atoms with Crippen LogP contribution < -0.4 is 10.5 Å². The fourth-order valence-electron chi connectivity index (χ4n) is 2.54. The maximum Gasteiger partial charge on any atom is 0.172 e. The molecule has 1 aliphatic carbocycles. The molecule has 0 fully saturated rings. The molecule has 0 saturated carbocycles. The lowest BCUT2D eigenvalue weighted by molar-refractivity contribution is 0.406. The second-order valence-electron chi connectivity index (χ2n) is 4.64. The van der Waals surface area contributed by atoms with Gasteiger partial charge in [0.25, 0.3) is 0 Å². The smallest absolute Gasteiger partial charge is 0.172 e. The molecule has 18 heavy (non-hydrogen) atoms. The van der Waals surface area contributed by atoms with Gasteiger partial charge < -0.3 is 15.0 Å². The molecule has 0 aliphatic heterocycles. The van der Waals surface area contributed by atoms with Crippen molar-refractivity contribution in [2.75, 3.05) is 12.8 Å². The zero-order valence-electron chi connectivity index (χ0n) is 10.4. The topological polar surface area (TPSA) is 61.3 Å². The van der Waals surface area contributed by atoms with Crippen LogP contribution in [-0.4, -0.2) is 12.3 Å². The van der Waals surface area contributed by atoms with Crippen molar-refractivity contribution in [3.8, 4) is 17.1 Å². The van der Waals surface area contributed by atoms with Gasteiger partial charge in [0.2, 0.25) is 0 Å². The van der Waals surface area contributed by atoms with E-state index in [1.54, 1.807) is 13.2 Å². The summed E-state index contributed by atoms with van der Waals surface area (Å²) in [5.41, 5.74) is 9.30. The van der Waals surface area contributed by atoms with Crippen molar-refractivity contribution in [3.63, 3.8) is 0 Å². The minimum Gasteiger partial charge on any atom is -0.496 e. The molecule has 2 aromatic rings. The molecule has 0 unspecified atom stereocenters. The van der Waals surface area contributed by atoms with Crippen molar-refractivity contribution in [1.82, 2.24) is 5.16 Å². The van der Waals surface area contributed by atoms with Crippen LogP contribution in [0.25, 0.3) is 11.3 Å². The molecule has 0 spiro atoms. The van der Waals surface area contributed by atoms with E-state index in [1.807, 2.05) is 0 Å². The van der Waals surface area contributed by atoms with Crippen LogP contribution >= 0.6 is 0 Å². The third-order valence-electron chi connectivity index (χ3n) is 3.46. The van der Waals surface area contributed by atoms with Gasteiger partial charge in [0.1, 0.15) is 5.75 Å². The zero-order chi connectivity index (χ0) is 12.5. The van der Waals surface area contributed by atoms with E-state index in [4.69, 9.17) is 15.0 Å². The third kappa shape index (κ3) is 1.83. The van der Waals surface area contributed by atoms with Gasteiger partial charge in [0.15, 0.2) is 11.6 Å². The first kappa shape index (κ1) is 11.1. The lowest BCUT2D eigenvalue weighted by Gasteiger charge is -2.18. The van der Waals surface area contributed by atoms with E-state index < -0.39 is 0 Å². The summed E-state index contributed by atoms with van der Waals surface area (Å²) in [5.74, 6) is 1.88. The Morgan fingerprint density at radius 1 is 1.17 bits per heavy atom. The van der Waals surface area contributed by atoms with E-state index in [0.29, 0.717) is 11.6 Å². The van der Waals surface area contributed by atoms with E-state index in [-0.39, 0.29) is 0 Å². The number of hydrogen-bond acceptors (Lipinski definition) is 4. The summed E-state index contributed by atoms with van der Waals surface area (Å²) in [4.78, 5) is 0. The highest BCUT2D eigenvalue weighted by Gasteiger charge is 2.17. The first-order valence-electron chi connectivity index (χ1n) is 6.20. The van der Waals surface area contributed by atoms with Crippen LogP contribution in [0.5, 0.6) is 5.75 Å². The molecule has 0 amide bonds. The summed E-state index contributed by atoms with van der Waals surface area (Å²) in [6.45, 7) is 0. The van der Waals surface area contributed by atoms with Crippen molar-refractivity contribution >= 4 is 5.82 Å². The number of rotatable bonds is 2. The third-order valence-corrected chi connectivity index (χ3v) is 3.46. The largest absolute Gasteiger partial charge is 0.496 e. The highest BCUT2D eigenvalue weighted by atomic mass is 16.5. The van der Waals surface area contributed by atoms with Crippen molar-refractivity contribution in [3.05, 3.63) is 29.3 Å². The number of nitrogens with zero attached hydrogens (tertiary/aromatic N) is 1. The number of fused-ring (bicyclic) bond motifs is 1. The van der Waals surface area contributed by atoms with E-state index in [2.05, 4.69) is 17.3 Å². The Kier molecular flexibility index (Phi) is 2.70. The van der Waals surface area contributed by atoms with Gasteiger partial charge in [-0.15, -0.1) is 0 Å². The predicted molar refractivity (Wildman–Crippen MR) is 69.5 cm³/mol. The van der Waals surface area contributed by atoms with E-state index in [9.17, 15) is 0 Å². The second-order valence-corrected chi connectivity index (χ2v) is 4.64. The molecule has 4 nitrogen and oxygen atoms in total. The molecule has 1 aromatic heterocycles. The Bertz CT molecular complexity index is 575. The summed E-state index contributed by atoms with van der Waals surface area (Å²) in [6, 6.07) is 5.99. The number of nitrogens with two attached hydrogens (primary N) is 1. The van der Waals surface area contributed by atoms with E-state index in [1.165, 1.54) is 24.0 Å². The van der Waals surface area contributed by atoms with Crippen LogP contribution in [0.15, 0.2) is 22.7 Å². The fraction of sp³-hybridized carbons (Fsp3) is 0.357. The number of ether oxygens (including phenoxy) is 1. The Balaban J connectivity index is 2.12. The predicted octanol–water partition coefficient (Wildman–Crippen LogP) is 2.81. The summed E-state index contributed by atoms with van der Waals surface area (Å²) >= 11 is 0. The lowest BCUT2D eigenvalue weighted by atomic mass is 9.89. The number of methoxy groups -OCH3 is 1. The monoisotopic (exact) mass is 244 g/mol. The van der Waals surface area contributed by atoms with Gasteiger partial charge in [0.05, 0.1) is 12.7 Å². The molecule has 1 aromatic carbocycles. The van der Waals surface area contributed by atoms with Crippen molar-refractivity contribution in [2.24, 2.45) is 0 Å². The molecule has 94 valence electrons. The van der Waals surface area contributed by atoms with Gasteiger partial charge in [-0.3, -0.25) is 0 Å². The fourth-order valence-corrected chi connectivity index (χ4v) is 2.54. The standard InChI is InChI=1S/C14H16N2O2/c1-17-12-7-10-5-3-2-4-9(10)6-11(12)13-8-14(15)16-18-13/h6-8H,2-5H2,1H3,(H2,15,16). The maximum absolute atomic E-state index is 5.60. The number of benzene rings is 1. The Hall–Kier alpha value is -1.97. The molecule has 0 bridgehead atoms. The van der Waals surface area contributed by atoms with Gasteiger partial charge >= 0.3 is 0 Å². The minimum absolute atomic E-state index is 0.393. The number of hydrogen-bond donors (Lipinski definition) is 1. The van der Waals surface area contributed by atoms with Gasteiger partial charge in [-0.05, 0) is 48.9 Å². The number of aromatic nitrogens is 1. The Morgan fingerprint density at radius 2 is 1.89 bits per heavy atom. The van der Waals surface area contributed by atoms with Crippen LogP contribution in [0, 0.1) is 0 Å². The summed E-state index contributed by atoms with van der Waals surface area (Å²) in [5, 5.41) is 3.73. The maximum atomic E-state index is 5.60. The number of nitrogen functional groups attached to an aromatic ring is 1. The quantitative estimate of drug-likeness (QED) is 0.882. The number of aryl methyl sites for hydroxylation is 2. The average molecular weight is 244 g/mol. The molecule has 1 aliphatic rings. The molecule has 0 saturated heterocycles. The molecule has 0 atom stereocenters. The normalized spacial score (nSPS) is 14.3. The molecule has 3 rings (SSSR count). The SMILES string of the molecule is COc1cc2c(cc1-c1cc(N)no1)CCCC2. The van der Waals surface area contributed by atoms with Crippen molar-refractivity contribution in [1.29, 1.82) is 0 Å². The van der Waals surface area contributed by atoms with Crippen LogP contribution in [0.4, 0.5) is 5.82 Å². The van der Waals surface area contributed by atoms with E-state index >= 15 is 0 Å².